The molecule has 2 aromatic carbocycles. The fourth-order valence-corrected chi connectivity index (χ4v) is 3.35. The Morgan fingerprint density at radius 3 is 2.66 bits per heavy atom. The summed E-state index contributed by atoms with van der Waals surface area (Å²) >= 11 is 0. The molecule has 0 saturated carbocycles. The number of amides is 1. The van der Waals surface area contributed by atoms with Gasteiger partial charge in [0, 0.05) is 13.7 Å². The van der Waals surface area contributed by atoms with Crippen LogP contribution in [0.3, 0.4) is 0 Å². The first kappa shape index (κ1) is 20.5. The highest BCUT2D eigenvalue weighted by Gasteiger charge is 2.50. The topological polar surface area (TPSA) is 81.0 Å². The number of nitriles is 1. The van der Waals surface area contributed by atoms with Crippen molar-refractivity contribution < 1.29 is 23.7 Å². The number of carbonyl (C=O) groups is 1. The second-order valence-corrected chi connectivity index (χ2v) is 6.49. The van der Waals surface area contributed by atoms with E-state index < -0.39 is 6.10 Å². The van der Waals surface area contributed by atoms with Crippen molar-refractivity contribution >= 4 is 5.91 Å². The molecule has 0 N–H and O–H groups in total. The first-order chi connectivity index (χ1) is 14.1. The van der Waals surface area contributed by atoms with Gasteiger partial charge in [-0.25, -0.2) is 0 Å². The predicted molar refractivity (Wildman–Crippen MR) is 106 cm³/mol. The molecular formula is C22H24N2O5. The summed E-state index contributed by atoms with van der Waals surface area (Å²) in [4.78, 5) is 14.5. The summed E-state index contributed by atoms with van der Waals surface area (Å²) in [5.74, 6) is 1.60. The Kier molecular flexibility index (Phi) is 6.57. The van der Waals surface area contributed by atoms with Crippen LogP contribution in [0.4, 0.5) is 0 Å². The quantitative estimate of drug-likeness (QED) is 0.606. The molecule has 1 fully saturated rings. The Balaban J connectivity index is 1.90. The minimum absolute atomic E-state index is 0.123. The van der Waals surface area contributed by atoms with Crippen LogP contribution in [0.5, 0.6) is 17.2 Å². The molecule has 0 aliphatic carbocycles. The van der Waals surface area contributed by atoms with Gasteiger partial charge in [0.2, 0.25) is 6.10 Å². The normalized spacial score (nSPS) is 18.0. The number of nitrogens with zero attached hydrogens (tertiary/aromatic N) is 2. The van der Waals surface area contributed by atoms with Crippen molar-refractivity contribution in [2.75, 3.05) is 34.0 Å². The van der Waals surface area contributed by atoms with Crippen molar-refractivity contribution in [1.82, 2.24) is 4.90 Å². The van der Waals surface area contributed by atoms with E-state index in [0.29, 0.717) is 42.6 Å². The maximum absolute atomic E-state index is 12.8. The average molecular weight is 396 g/mol. The van der Waals surface area contributed by atoms with Gasteiger partial charge in [-0.1, -0.05) is 12.1 Å². The summed E-state index contributed by atoms with van der Waals surface area (Å²) in [5, 5.41) is 9.10. The Hall–Kier alpha value is -3.24. The third-order valence-corrected chi connectivity index (χ3v) is 4.74. The van der Waals surface area contributed by atoms with Crippen LogP contribution in [0, 0.1) is 11.3 Å². The predicted octanol–water partition coefficient (Wildman–Crippen LogP) is 2.94. The molecule has 2 atom stereocenters. The van der Waals surface area contributed by atoms with Crippen LogP contribution < -0.4 is 14.2 Å². The molecule has 3 rings (SSSR count). The summed E-state index contributed by atoms with van der Waals surface area (Å²) in [7, 11) is 3.18. The molecule has 7 heteroatoms. The highest BCUT2D eigenvalue weighted by molar-refractivity contribution is 5.89. The van der Waals surface area contributed by atoms with E-state index >= 15 is 0 Å². The number of hydrogen-bond donors (Lipinski definition) is 0. The lowest BCUT2D eigenvalue weighted by molar-refractivity contribution is -0.165. The van der Waals surface area contributed by atoms with Crippen molar-refractivity contribution in [2.45, 2.75) is 19.1 Å². The summed E-state index contributed by atoms with van der Waals surface area (Å²) < 4.78 is 22.2. The fraction of sp³-hybridized carbons (Fsp3) is 0.364. The lowest BCUT2D eigenvalue weighted by Crippen LogP contribution is -2.61. The van der Waals surface area contributed by atoms with E-state index in [1.807, 2.05) is 25.1 Å². The van der Waals surface area contributed by atoms with Gasteiger partial charge in [0.1, 0.15) is 11.8 Å². The van der Waals surface area contributed by atoms with Crippen LogP contribution in [-0.4, -0.2) is 50.9 Å². The van der Waals surface area contributed by atoms with Gasteiger partial charge in [-0.05, 0) is 42.8 Å². The van der Waals surface area contributed by atoms with Crippen molar-refractivity contribution in [3.8, 4) is 23.3 Å². The lowest BCUT2D eigenvalue weighted by Gasteiger charge is -2.46. The number of hydrogen-bond acceptors (Lipinski definition) is 6. The van der Waals surface area contributed by atoms with Crippen LogP contribution in [0.2, 0.25) is 0 Å². The molecule has 1 aliphatic heterocycles. The van der Waals surface area contributed by atoms with Crippen molar-refractivity contribution in [3.05, 3.63) is 53.6 Å². The number of ether oxygens (including phenoxy) is 4. The Morgan fingerprint density at radius 1 is 1.14 bits per heavy atom. The number of rotatable bonds is 9. The minimum atomic E-state index is -0.691. The van der Waals surface area contributed by atoms with E-state index in [0.717, 1.165) is 5.56 Å². The SMILES string of the molecule is CCOc1ccc([C@H]2[C@@H](Oc3cccc(C#N)c3)C(=O)N2CCOC)cc1OC. The van der Waals surface area contributed by atoms with Crippen molar-refractivity contribution in [2.24, 2.45) is 0 Å². The summed E-state index contributed by atoms with van der Waals surface area (Å²) in [5.41, 5.74) is 1.35. The third-order valence-electron chi connectivity index (χ3n) is 4.74. The van der Waals surface area contributed by atoms with Crippen molar-refractivity contribution in [3.63, 3.8) is 0 Å². The van der Waals surface area contributed by atoms with E-state index in [1.54, 1.807) is 43.4 Å². The average Bonchev–Trinajstić information content (AvgIpc) is 2.76. The molecule has 0 spiro atoms. The first-order valence-corrected chi connectivity index (χ1v) is 9.39. The second kappa shape index (κ2) is 9.30. The highest BCUT2D eigenvalue weighted by atomic mass is 16.5. The molecule has 1 saturated heterocycles. The molecule has 0 aromatic heterocycles. The second-order valence-electron chi connectivity index (χ2n) is 6.49. The van der Waals surface area contributed by atoms with Gasteiger partial charge in [0.15, 0.2) is 11.5 Å². The molecule has 2 aromatic rings. The zero-order valence-electron chi connectivity index (χ0n) is 16.8. The molecular weight excluding hydrogens is 372 g/mol. The molecule has 0 radical (unpaired) electrons. The molecule has 29 heavy (non-hydrogen) atoms. The molecule has 7 nitrogen and oxygen atoms in total. The minimum Gasteiger partial charge on any atom is -0.493 e. The molecule has 1 amide bonds. The highest BCUT2D eigenvalue weighted by Crippen LogP contribution is 2.40. The van der Waals surface area contributed by atoms with Gasteiger partial charge < -0.3 is 23.8 Å². The smallest absolute Gasteiger partial charge is 0.266 e. The van der Waals surface area contributed by atoms with Gasteiger partial charge in [-0.2, -0.15) is 5.26 Å². The standard InChI is InChI=1S/C22H24N2O5/c1-4-28-18-9-8-16(13-19(18)27-3)20-21(22(25)24(20)10-11-26-2)29-17-7-5-6-15(12-17)14-23/h5-9,12-13,20-21H,4,10-11H2,1-3H3/t20-,21+/m0/s1. The molecule has 1 aliphatic rings. The number of β-lactam (4-membered cyclic amide) rings is 1. The molecule has 1 heterocycles. The summed E-state index contributed by atoms with van der Waals surface area (Å²) in [6.45, 7) is 3.31. The van der Waals surface area contributed by atoms with Crippen LogP contribution >= 0.6 is 0 Å². The number of benzene rings is 2. The van der Waals surface area contributed by atoms with Crippen LogP contribution in [0.1, 0.15) is 24.1 Å². The molecule has 152 valence electrons. The largest absolute Gasteiger partial charge is 0.493 e. The summed E-state index contributed by atoms with van der Waals surface area (Å²) in [6, 6.07) is 14.2. The van der Waals surface area contributed by atoms with E-state index in [2.05, 4.69) is 6.07 Å². The van der Waals surface area contributed by atoms with Crippen LogP contribution in [0.15, 0.2) is 42.5 Å². The maximum Gasteiger partial charge on any atom is 0.266 e. The van der Waals surface area contributed by atoms with Gasteiger partial charge in [-0.3, -0.25) is 4.79 Å². The number of methoxy groups -OCH3 is 2. The molecule has 0 bridgehead atoms. The van der Waals surface area contributed by atoms with Crippen molar-refractivity contribution in [1.29, 1.82) is 5.26 Å². The van der Waals surface area contributed by atoms with E-state index in [9.17, 15) is 4.79 Å². The van der Waals surface area contributed by atoms with E-state index in [-0.39, 0.29) is 11.9 Å². The fourth-order valence-electron chi connectivity index (χ4n) is 3.35. The van der Waals surface area contributed by atoms with Crippen LogP contribution in [0.25, 0.3) is 0 Å². The Bertz CT molecular complexity index is 908. The number of likely N-dealkylation sites (tertiary alicyclic amines) is 1. The zero-order chi connectivity index (χ0) is 20.8. The molecule has 0 unspecified atom stereocenters. The first-order valence-electron chi connectivity index (χ1n) is 9.39. The van der Waals surface area contributed by atoms with Gasteiger partial charge in [-0.15, -0.1) is 0 Å². The monoisotopic (exact) mass is 396 g/mol. The summed E-state index contributed by atoms with van der Waals surface area (Å²) in [6.07, 6.45) is -0.691. The van der Waals surface area contributed by atoms with Crippen LogP contribution in [-0.2, 0) is 9.53 Å². The van der Waals surface area contributed by atoms with Gasteiger partial charge in [0.05, 0.1) is 32.0 Å². The maximum atomic E-state index is 12.8. The van der Waals surface area contributed by atoms with Gasteiger partial charge in [0.25, 0.3) is 5.91 Å². The van der Waals surface area contributed by atoms with E-state index in [4.69, 9.17) is 24.2 Å². The van der Waals surface area contributed by atoms with Gasteiger partial charge >= 0.3 is 0 Å². The zero-order valence-corrected chi connectivity index (χ0v) is 16.8. The lowest BCUT2D eigenvalue weighted by atomic mass is 9.90. The number of carbonyl (C=O) groups excluding carboxylic acids is 1. The Labute approximate surface area is 170 Å². The van der Waals surface area contributed by atoms with E-state index in [1.165, 1.54) is 0 Å². The third kappa shape index (κ3) is 4.28. The Morgan fingerprint density at radius 2 is 1.97 bits per heavy atom.